The Bertz CT molecular complexity index is 196. The summed E-state index contributed by atoms with van der Waals surface area (Å²) >= 11 is 0. The molecule has 1 heterocycles. The molecule has 108 valence electrons. The quantitative estimate of drug-likeness (QED) is 0.650. The molecule has 0 radical (unpaired) electrons. The maximum Gasteiger partial charge on any atom is 0.0900 e. The van der Waals surface area contributed by atoms with Gasteiger partial charge in [0.05, 0.1) is 12.7 Å². The highest BCUT2D eigenvalue weighted by molar-refractivity contribution is 4.74. The van der Waals surface area contributed by atoms with Crippen LogP contribution in [0.15, 0.2) is 0 Å². The Morgan fingerprint density at radius 1 is 1.33 bits per heavy atom. The van der Waals surface area contributed by atoms with Gasteiger partial charge in [-0.3, -0.25) is 0 Å². The largest absolute Gasteiger partial charge is 0.389 e. The summed E-state index contributed by atoms with van der Waals surface area (Å²) in [4.78, 5) is 2.40. The third-order valence-electron chi connectivity index (χ3n) is 3.50. The second-order valence-electron chi connectivity index (χ2n) is 5.27. The first-order valence-electron chi connectivity index (χ1n) is 7.45. The van der Waals surface area contributed by atoms with Crippen LogP contribution in [0.3, 0.4) is 0 Å². The Morgan fingerprint density at radius 3 is 2.67 bits per heavy atom. The first-order chi connectivity index (χ1) is 8.76. The van der Waals surface area contributed by atoms with Gasteiger partial charge in [0.2, 0.25) is 0 Å². The van der Waals surface area contributed by atoms with Gasteiger partial charge in [0.1, 0.15) is 0 Å². The van der Waals surface area contributed by atoms with Gasteiger partial charge in [-0.25, -0.2) is 0 Å². The van der Waals surface area contributed by atoms with Crippen LogP contribution in [0.1, 0.15) is 33.1 Å². The van der Waals surface area contributed by atoms with Crippen LogP contribution >= 0.6 is 0 Å². The van der Waals surface area contributed by atoms with Crippen molar-refractivity contribution in [3.05, 3.63) is 0 Å². The molecular formula is C14H30N2O2. The maximum absolute atomic E-state index is 9.93. The van der Waals surface area contributed by atoms with E-state index in [-0.39, 0.29) is 6.10 Å². The average Bonchev–Trinajstić information content (AvgIpc) is 2.38. The summed E-state index contributed by atoms with van der Waals surface area (Å²) in [6.45, 7) is 10.5. The van der Waals surface area contributed by atoms with Crippen molar-refractivity contribution in [2.24, 2.45) is 5.92 Å². The van der Waals surface area contributed by atoms with Crippen molar-refractivity contribution in [2.45, 2.75) is 39.2 Å². The molecule has 1 rings (SSSR count). The second kappa shape index (κ2) is 9.73. The molecule has 4 heteroatoms. The highest BCUT2D eigenvalue weighted by atomic mass is 16.5. The highest BCUT2D eigenvalue weighted by Gasteiger charge is 2.18. The summed E-state index contributed by atoms with van der Waals surface area (Å²) in [5.74, 6) is 0.789. The number of aliphatic hydroxyl groups is 1. The van der Waals surface area contributed by atoms with E-state index in [1.807, 2.05) is 6.92 Å². The van der Waals surface area contributed by atoms with E-state index in [1.165, 1.54) is 12.8 Å². The molecule has 0 aromatic carbocycles. The number of hydrogen-bond donors (Lipinski definition) is 2. The molecule has 0 spiro atoms. The molecule has 1 atom stereocenters. The summed E-state index contributed by atoms with van der Waals surface area (Å²) in [7, 11) is 0. The first-order valence-corrected chi connectivity index (χ1v) is 7.45. The van der Waals surface area contributed by atoms with Crippen LogP contribution in [0.5, 0.6) is 0 Å². The molecule has 1 fully saturated rings. The van der Waals surface area contributed by atoms with E-state index < -0.39 is 0 Å². The molecule has 1 aliphatic rings. The minimum Gasteiger partial charge on any atom is -0.389 e. The zero-order valence-corrected chi connectivity index (χ0v) is 12.0. The van der Waals surface area contributed by atoms with Crippen molar-refractivity contribution in [1.29, 1.82) is 0 Å². The summed E-state index contributed by atoms with van der Waals surface area (Å²) in [6, 6.07) is 0. The van der Waals surface area contributed by atoms with E-state index in [0.717, 1.165) is 45.1 Å². The number of ether oxygens (including phenoxy) is 1. The van der Waals surface area contributed by atoms with Gasteiger partial charge in [-0.15, -0.1) is 0 Å². The minimum absolute atomic E-state index is 0.349. The smallest absolute Gasteiger partial charge is 0.0900 e. The van der Waals surface area contributed by atoms with Crippen LogP contribution in [0, 0.1) is 5.92 Å². The molecule has 0 aromatic rings. The molecule has 0 amide bonds. The second-order valence-corrected chi connectivity index (χ2v) is 5.27. The molecule has 1 aliphatic heterocycles. The lowest BCUT2D eigenvalue weighted by molar-refractivity contribution is 0.0174. The lowest BCUT2D eigenvalue weighted by Gasteiger charge is -2.31. The minimum atomic E-state index is -0.349. The molecule has 0 aliphatic carbocycles. The third-order valence-corrected chi connectivity index (χ3v) is 3.50. The van der Waals surface area contributed by atoms with E-state index in [0.29, 0.717) is 13.2 Å². The van der Waals surface area contributed by atoms with Gasteiger partial charge in [-0.2, -0.15) is 0 Å². The predicted molar refractivity (Wildman–Crippen MR) is 74.8 cm³/mol. The standard InChI is InChI=1S/C14H30N2O2/c1-3-9-16(11-14(17)12-18-4-2)10-13-5-7-15-8-6-13/h13-15,17H,3-12H2,1-2H3. The number of hydrogen-bond acceptors (Lipinski definition) is 4. The van der Waals surface area contributed by atoms with Gasteiger partial charge in [0.25, 0.3) is 0 Å². The lowest BCUT2D eigenvalue weighted by Crippen LogP contribution is -2.41. The van der Waals surface area contributed by atoms with Crippen LogP contribution in [0.4, 0.5) is 0 Å². The van der Waals surface area contributed by atoms with Crippen molar-refractivity contribution in [1.82, 2.24) is 10.2 Å². The van der Waals surface area contributed by atoms with E-state index in [9.17, 15) is 5.11 Å². The van der Waals surface area contributed by atoms with Crippen LogP contribution < -0.4 is 5.32 Å². The fraction of sp³-hybridized carbons (Fsp3) is 1.00. The zero-order chi connectivity index (χ0) is 13.2. The van der Waals surface area contributed by atoms with Crippen molar-refractivity contribution < 1.29 is 9.84 Å². The van der Waals surface area contributed by atoms with Crippen LogP contribution in [0.2, 0.25) is 0 Å². The maximum atomic E-state index is 9.93. The fourth-order valence-corrected chi connectivity index (χ4v) is 2.61. The average molecular weight is 258 g/mol. The predicted octanol–water partition coefficient (Wildman–Crippen LogP) is 1.10. The number of nitrogens with one attached hydrogen (secondary N) is 1. The fourth-order valence-electron chi connectivity index (χ4n) is 2.61. The molecule has 0 bridgehead atoms. The topological polar surface area (TPSA) is 44.7 Å². The number of piperidine rings is 1. The lowest BCUT2D eigenvalue weighted by atomic mass is 9.97. The zero-order valence-electron chi connectivity index (χ0n) is 12.0. The summed E-state index contributed by atoms with van der Waals surface area (Å²) in [5, 5.41) is 13.3. The third kappa shape index (κ3) is 6.69. The Labute approximate surface area is 112 Å². The van der Waals surface area contributed by atoms with Gasteiger partial charge in [0.15, 0.2) is 0 Å². The molecule has 0 aromatic heterocycles. The molecular weight excluding hydrogens is 228 g/mol. The monoisotopic (exact) mass is 258 g/mol. The van der Waals surface area contributed by atoms with E-state index in [2.05, 4.69) is 17.1 Å². The van der Waals surface area contributed by atoms with Crippen LogP contribution in [0.25, 0.3) is 0 Å². The molecule has 2 N–H and O–H groups in total. The summed E-state index contributed by atoms with van der Waals surface area (Å²) in [5.41, 5.74) is 0. The van der Waals surface area contributed by atoms with E-state index in [1.54, 1.807) is 0 Å². The van der Waals surface area contributed by atoms with E-state index in [4.69, 9.17) is 4.74 Å². The Balaban J connectivity index is 2.28. The van der Waals surface area contributed by atoms with Gasteiger partial charge in [-0.1, -0.05) is 6.92 Å². The molecule has 0 saturated carbocycles. The van der Waals surface area contributed by atoms with Crippen molar-refractivity contribution in [3.8, 4) is 0 Å². The highest BCUT2D eigenvalue weighted by Crippen LogP contribution is 2.14. The van der Waals surface area contributed by atoms with Gasteiger partial charge in [-0.05, 0) is 51.7 Å². The summed E-state index contributed by atoms with van der Waals surface area (Å²) in [6.07, 6.45) is 3.33. The van der Waals surface area contributed by atoms with Gasteiger partial charge < -0.3 is 20.1 Å². The normalized spacial score (nSPS) is 19.3. The van der Waals surface area contributed by atoms with Crippen molar-refractivity contribution in [2.75, 3.05) is 45.9 Å². The molecule has 18 heavy (non-hydrogen) atoms. The van der Waals surface area contributed by atoms with Crippen molar-refractivity contribution >= 4 is 0 Å². The summed E-state index contributed by atoms with van der Waals surface area (Å²) < 4.78 is 5.28. The van der Waals surface area contributed by atoms with E-state index >= 15 is 0 Å². The van der Waals surface area contributed by atoms with Gasteiger partial charge >= 0.3 is 0 Å². The van der Waals surface area contributed by atoms with Gasteiger partial charge in [0, 0.05) is 19.7 Å². The SMILES string of the molecule is CCCN(CC(O)COCC)CC1CCNCC1. The molecule has 1 saturated heterocycles. The molecule has 1 unspecified atom stereocenters. The number of aliphatic hydroxyl groups excluding tert-OH is 1. The Kier molecular flexibility index (Phi) is 8.59. The van der Waals surface area contributed by atoms with Crippen LogP contribution in [-0.4, -0.2) is 62.0 Å². The Hall–Kier alpha value is -0.160. The molecule has 4 nitrogen and oxygen atoms in total. The number of rotatable bonds is 9. The van der Waals surface area contributed by atoms with Crippen LogP contribution in [-0.2, 0) is 4.74 Å². The Morgan fingerprint density at radius 2 is 2.06 bits per heavy atom. The first kappa shape index (κ1) is 15.9. The van der Waals surface area contributed by atoms with Crippen molar-refractivity contribution in [3.63, 3.8) is 0 Å². The number of nitrogens with zero attached hydrogens (tertiary/aromatic N) is 1.